The van der Waals surface area contributed by atoms with E-state index < -0.39 is 0 Å². The highest BCUT2D eigenvalue weighted by molar-refractivity contribution is 6.30. The van der Waals surface area contributed by atoms with Crippen molar-refractivity contribution in [3.63, 3.8) is 0 Å². The fourth-order valence-electron chi connectivity index (χ4n) is 4.76. The van der Waals surface area contributed by atoms with Crippen LogP contribution in [0.25, 0.3) is 0 Å². The van der Waals surface area contributed by atoms with Gasteiger partial charge < -0.3 is 14.6 Å². The minimum atomic E-state index is -0.265. The molecule has 2 atom stereocenters. The lowest BCUT2D eigenvalue weighted by Gasteiger charge is -2.35. The number of benzene rings is 2. The molecule has 1 N–H and O–H groups in total. The van der Waals surface area contributed by atoms with Crippen molar-refractivity contribution in [2.75, 3.05) is 11.9 Å². The first-order valence-electron chi connectivity index (χ1n) is 10.5. The molecule has 2 aliphatic rings. The molecule has 2 heterocycles. The van der Waals surface area contributed by atoms with E-state index in [2.05, 4.69) is 10.5 Å². The van der Waals surface area contributed by atoms with Gasteiger partial charge in [0, 0.05) is 28.3 Å². The average Bonchev–Trinajstić information content (AvgIpc) is 3.14. The Morgan fingerprint density at radius 3 is 2.71 bits per heavy atom. The number of allylic oxidation sites excluding steroid dienone is 2. The van der Waals surface area contributed by atoms with Crippen molar-refractivity contribution in [2.24, 2.45) is 0 Å². The van der Waals surface area contributed by atoms with Crippen LogP contribution in [-0.2, 0) is 4.79 Å². The Bertz CT molecular complexity index is 1180. The molecule has 0 saturated heterocycles. The molecule has 0 unspecified atom stereocenters. The number of para-hydroxylation sites is 1. The van der Waals surface area contributed by atoms with Gasteiger partial charge in [-0.25, -0.2) is 0 Å². The van der Waals surface area contributed by atoms with Gasteiger partial charge in [-0.1, -0.05) is 47.1 Å². The molecule has 0 radical (unpaired) electrons. The largest absolute Gasteiger partial charge is 0.494 e. The van der Waals surface area contributed by atoms with Crippen molar-refractivity contribution in [1.82, 2.24) is 5.16 Å². The maximum atomic E-state index is 13.6. The Balaban J connectivity index is 1.63. The first kappa shape index (κ1) is 19.9. The fraction of sp³-hybridized carbons (Fsp3) is 0.280. The van der Waals surface area contributed by atoms with E-state index in [4.69, 9.17) is 20.9 Å². The van der Waals surface area contributed by atoms with Crippen LogP contribution in [0.15, 0.2) is 64.3 Å². The minimum Gasteiger partial charge on any atom is -0.494 e. The average molecular weight is 435 g/mol. The van der Waals surface area contributed by atoms with E-state index in [1.807, 2.05) is 62.4 Å². The Morgan fingerprint density at radius 1 is 1.16 bits per heavy atom. The summed E-state index contributed by atoms with van der Waals surface area (Å²) in [5.74, 6) is 1.35. The molecule has 0 spiro atoms. The molecule has 1 aliphatic heterocycles. The van der Waals surface area contributed by atoms with Crippen LogP contribution < -0.4 is 10.1 Å². The van der Waals surface area contributed by atoms with Gasteiger partial charge in [-0.2, -0.15) is 0 Å². The van der Waals surface area contributed by atoms with Crippen LogP contribution in [0.2, 0.25) is 5.02 Å². The zero-order chi connectivity index (χ0) is 21.5. The van der Waals surface area contributed by atoms with Gasteiger partial charge in [-0.05, 0) is 49.9 Å². The van der Waals surface area contributed by atoms with Gasteiger partial charge in [0.15, 0.2) is 5.78 Å². The van der Waals surface area contributed by atoms with Crippen LogP contribution in [0.1, 0.15) is 54.0 Å². The third-order valence-corrected chi connectivity index (χ3v) is 6.38. The van der Waals surface area contributed by atoms with Crippen molar-refractivity contribution in [2.45, 2.75) is 38.5 Å². The van der Waals surface area contributed by atoms with Gasteiger partial charge >= 0.3 is 0 Å². The monoisotopic (exact) mass is 434 g/mol. The summed E-state index contributed by atoms with van der Waals surface area (Å²) in [7, 11) is 0. The Kier molecular flexibility index (Phi) is 5.06. The standard InChI is InChI=1S/C25H23ClN2O3/c1-3-30-21-7-5-4-6-18(21)23-22-14(2)28-31-25(22)27-19-12-16(13-20(29)24(19)23)15-8-10-17(26)11-9-15/h4-11,16,23,27H,3,12-13H2,1-2H3/t16-,23+/m1/s1. The molecule has 5 nitrogen and oxygen atoms in total. The van der Waals surface area contributed by atoms with Gasteiger partial charge in [0.1, 0.15) is 5.75 Å². The van der Waals surface area contributed by atoms with E-state index in [1.54, 1.807) is 0 Å². The van der Waals surface area contributed by atoms with E-state index in [0.29, 0.717) is 23.9 Å². The van der Waals surface area contributed by atoms with Crippen LogP contribution in [0.3, 0.4) is 0 Å². The molecule has 5 rings (SSSR count). The number of ketones is 1. The highest BCUT2D eigenvalue weighted by Gasteiger charge is 2.42. The molecule has 158 valence electrons. The first-order valence-corrected chi connectivity index (χ1v) is 10.9. The highest BCUT2D eigenvalue weighted by atomic mass is 35.5. The third-order valence-electron chi connectivity index (χ3n) is 6.13. The zero-order valence-electron chi connectivity index (χ0n) is 17.4. The van der Waals surface area contributed by atoms with Crippen molar-refractivity contribution >= 4 is 23.3 Å². The second kappa shape index (κ2) is 7.89. The van der Waals surface area contributed by atoms with Crippen LogP contribution in [0, 0.1) is 6.92 Å². The number of hydrogen-bond acceptors (Lipinski definition) is 5. The number of anilines is 1. The van der Waals surface area contributed by atoms with Crippen LogP contribution in [0.4, 0.5) is 5.88 Å². The number of ether oxygens (including phenoxy) is 1. The lowest BCUT2D eigenvalue weighted by Crippen LogP contribution is -2.29. The summed E-state index contributed by atoms with van der Waals surface area (Å²) >= 11 is 6.06. The summed E-state index contributed by atoms with van der Waals surface area (Å²) in [5, 5.41) is 8.25. The molecule has 6 heteroatoms. The van der Waals surface area contributed by atoms with Gasteiger partial charge in [0.2, 0.25) is 5.88 Å². The molecule has 1 aliphatic carbocycles. The number of hydrogen-bond donors (Lipinski definition) is 1. The number of carbonyl (C=O) groups excluding carboxylic acids is 1. The van der Waals surface area contributed by atoms with Crippen LogP contribution in [-0.4, -0.2) is 17.5 Å². The summed E-state index contributed by atoms with van der Waals surface area (Å²) in [5.41, 5.74) is 5.44. The van der Waals surface area contributed by atoms with Crippen molar-refractivity contribution < 1.29 is 14.1 Å². The molecule has 1 aromatic heterocycles. The van der Waals surface area contributed by atoms with E-state index >= 15 is 0 Å². The summed E-state index contributed by atoms with van der Waals surface area (Å²) in [4.78, 5) is 13.6. The number of aromatic nitrogens is 1. The molecule has 0 fully saturated rings. The topological polar surface area (TPSA) is 64.4 Å². The predicted molar refractivity (Wildman–Crippen MR) is 120 cm³/mol. The van der Waals surface area contributed by atoms with E-state index in [0.717, 1.165) is 45.8 Å². The van der Waals surface area contributed by atoms with Crippen molar-refractivity contribution in [3.8, 4) is 5.75 Å². The van der Waals surface area contributed by atoms with E-state index in [-0.39, 0.29) is 17.6 Å². The summed E-state index contributed by atoms with van der Waals surface area (Å²) < 4.78 is 11.5. The van der Waals surface area contributed by atoms with Crippen molar-refractivity contribution in [1.29, 1.82) is 0 Å². The van der Waals surface area contributed by atoms with Gasteiger partial charge in [-0.3, -0.25) is 4.79 Å². The second-order valence-electron chi connectivity index (χ2n) is 8.01. The molecule has 3 aromatic rings. The van der Waals surface area contributed by atoms with Gasteiger partial charge in [0.05, 0.1) is 23.8 Å². The van der Waals surface area contributed by atoms with Gasteiger partial charge in [0.25, 0.3) is 0 Å². The lowest BCUT2D eigenvalue weighted by molar-refractivity contribution is -0.116. The van der Waals surface area contributed by atoms with Gasteiger partial charge in [-0.15, -0.1) is 0 Å². The summed E-state index contributed by atoms with van der Waals surface area (Å²) in [6.07, 6.45) is 1.17. The Hall–Kier alpha value is -3.05. The molecule has 0 saturated carbocycles. The minimum absolute atomic E-state index is 0.0874. The summed E-state index contributed by atoms with van der Waals surface area (Å²) in [6, 6.07) is 15.7. The number of Topliss-reactive ketones (excluding diaryl/α,β-unsaturated/α-hetero) is 1. The first-order chi connectivity index (χ1) is 15.1. The maximum absolute atomic E-state index is 13.6. The predicted octanol–water partition coefficient (Wildman–Crippen LogP) is 5.99. The summed E-state index contributed by atoms with van der Waals surface area (Å²) in [6.45, 7) is 4.42. The number of nitrogens with one attached hydrogen (secondary N) is 1. The Labute approximate surface area is 186 Å². The number of rotatable bonds is 4. The lowest BCUT2D eigenvalue weighted by atomic mass is 9.72. The number of halogens is 1. The Morgan fingerprint density at radius 2 is 1.94 bits per heavy atom. The van der Waals surface area contributed by atoms with E-state index in [9.17, 15) is 4.79 Å². The van der Waals surface area contributed by atoms with Crippen LogP contribution >= 0.6 is 11.6 Å². The molecular weight excluding hydrogens is 412 g/mol. The molecule has 0 bridgehead atoms. The molecule has 0 amide bonds. The third kappa shape index (κ3) is 3.43. The highest BCUT2D eigenvalue weighted by Crippen LogP contribution is 2.50. The fourth-order valence-corrected chi connectivity index (χ4v) is 4.89. The van der Waals surface area contributed by atoms with E-state index in [1.165, 1.54) is 0 Å². The molecule has 2 aromatic carbocycles. The normalized spacial score (nSPS) is 20.2. The zero-order valence-corrected chi connectivity index (χ0v) is 18.2. The second-order valence-corrected chi connectivity index (χ2v) is 8.45. The number of fused-ring (bicyclic) bond motifs is 1. The van der Waals surface area contributed by atoms with Crippen molar-refractivity contribution in [3.05, 3.63) is 87.2 Å². The van der Waals surface area contributed by atoms with Crippen LogP contribution in [0.5, 0.6) is 5.75 Å². The molecular formula is C25H23ClN2O3. The quantitative estimate of drug-likeness (QED) is 0.546. The smallest absolute Gasteiger partial charge is 0.233 e. The maximum Gasteiger partial charge on any atom is 0.233 e. The molecule has 31 heavy (non-hydrogen) atoms. The number of aryl methyl sites for hydroxylation is 1. The SMILES string of the molecule is CCOc1ccccc1[C@@H]1C2=C(C[C@@H](c3ccc(Cl)cc3)CC2=O)Nc2onc(C)c21. The number of carbonyl (C=O) groups is 1. The number of nitrogens with zero attached hydrogens (tertiary/aromatic N) is 1.